The number of nitriles is 1. The highest BCUT2D eigenvalue weighted by atomic mass is 16.5. The molecule has 3 N–H and O–H groups in total. The molecule has 7 heteroatoms. The smallest absolute Gasteiger partial charge is 0.342 e. The van der Waals surface area contributed by atoms with E-state index >= 15 is 0 Å². The van der Waals surface area contributed by atoms with E-state index in [0.29, 0.717) is 11.0 Å². The second-order valence-electron chi connectivity index (χ2n) is 6.33. The van der Waals surface area contributed by atoms with Crippen LogP contribution in [0.25, 0.3) is 27.4 Å². The Morgan fingerprint density at radius 2 is 1.79 bits per heavy atom. The van der Waals surface area contributed by atoms with Gasteiger partial charge < -0.3 is 19.9 Å². The summed E-state index contributed by atoms with van der Waals surface area (Å²) in [6.07, 6.45) is 0. The van der Waals surface area contributed by atoms with Crippen LogP contribution in [0.2, 0.25) is 0 Å². The number of aromatic amines is 1. The average Bonchev–Trinajstić information content (AvgIpc) is 3.15. The van der Waals surface area contributed by atoms with Crippen molar-refractivity contribution in [2.24, 2.45) is 0 Å². The number of carbonyl (C=O) groups is 1. The van der Waals surface area contributed by atoms with Crippen LogP contribution in [0.3, 0.4) is 0 Å². The maximum absolute atomic E-state index is 12.4. The molecule has 0 atom stereocenters. The van der Waals surface area contributed by atoms with Crippen molar-refractivity contribution in [1.29, 1.82) is 5.26 Å². The lowest BCUT2D eigenvalue weighted by Gasteiger charge is -2.08. The molecule has 0 amide bonds. The number of imidazole rings is 1. The number of phenolic OH excluding ortho intramolecular Hbond substituents is 1. The minimum atomic E-state index is -0.818. The number of aromatic nitrogens is 2. The normalized spacial score (nSPS) is 11.8. The number of para-hydroxylation sites is 2. The number of benzene rings is 3. The van der Waals surface area contributed by atoms with Crippen LogP contribution in [-0.4, -0.2) is 32.8 Å². The van der Waals surface area contributed by atoms with Gasteiger partial charge in [0.1, 0.15) is 29.6 Å². The molecule has 0 aliphatic heterocycles. The first-order chi connectivity index (χ1) is 14.1. The van der Waals surface area contributed by atoms with Gasteiger partial charge in [-0.1, -0.05) is 36.4 Å². The Morgan fingerprint density at radius 3 is 2.52 bits per heavy atom. The minimum Gasteiger partial charge on any atom is -0.507 e. The number of nitrogens with zero attached hydrogens (tertiary/aromatic N) is 2. The van der Waals surface area contributed by atoms with E-state index in [2.05, 4.69) is 9.97 Å². The predicted molar refractivity (Wildman–Crippen MR) is 107 cm³/mol. The monoisotopic (exact) mass is 385 g/mol. The number of hydrogen-bond acceptors (Lipinski definition) is 6. The van der Waals surface area contributed by atoms with Crippen molar-refractivity contribution in [2.75, 3.05) is 6.61 Å². The molecule has 0 bridgehead atoms. The van der Waals surface area contributed by atoms with E-state index < -0.39 is 18.3 Å². The van der Waals surface area contributed by atoms with Gasteiger partial charge in [0.15, 0.2) is 11.6 Å². The second kappa shape index (κ2) is 7.37. The van der Waals surface area contributed by atoms with Gasteiger partial charge in [-0.15, -0.1) is 0 Å². The van der Waals surface area contributed by atoms with Crippen LogP contribution in [0.15, 0.2) is 66.4 Å². The van der Waals surface area contributed by atoms with E-state index in [-0.39, 0.29) is 22.7 Å². The van der Waals surface area contributed by atoms with E-state index in [1.807, 2.05) is 30.3 Å². The number of aliphatic hydroxyl groups excluding tert-OH is 1. The van der Waals surface area contributed by atoms with E-state index in [9.17, 15) is 20.3 Å². The largest absolute Gasteiger partial charge is 0.507 e. The number of nitrogens with one attached hydrogen (secondary N) is 1. The Hall–Kier alpha value is -4.31. The third-order valence-electron chi connectivity index (χ3n) is 4.45. The number of rotatable bonds is 4. The van der Waals surface area contributed by atoms with Gasteiger partial charge in [0, 0.05) is 0 Å². The van der Waals surface area contributed by atoms with Crippen molar-refractivity contribution in [3.05, 3.63) is 77.8 Å². The molecular formula is C22H15N3O4. The number of phenols is 1. The average molecular weight is 385 g/mol. The molecule has 0 fully saturated rings. The summed E-state index contributed by atoms with van der Waals surface area (Å²) in [5, 5.41) is 31.3. The molecule has 1 heterocycles. The molecule has 3 aromatic carbocycles. The molecule has 0 unspecified atom stereocenters. The van der Waals surface area contributed by atoms with Gasteiger partial charge in [0.2, 0.25) is 0 Å². The standard InChI is InChI=1S/C22H15N3O4/c23-11-16(21-24-17-7-3-4-8-18(17)25-21)20(27)12-29-22(28)15-9-13-5-1-2-6-14(13)10-19(15)26/h1-10,26-27H,12H2,(H,24,25)/b20-16+. The molecule has 7 nitrogen and oxygen atoms in total. The number of esters is 1. The molecule has 0 aliphatic rings. The van der Waals surface area contributed by atoms with Crippen LogP contribution in [0.4, 0.5) is 0 Å². The molecule has 4 aromatic rings. The zero-order valence-electron chi connectivity index (χ0n) is 15.1. The third kappa shape index (κ3) is 3.47. The van der Waals surface area contributed by atoms with E-state index in [1.54, 1.807) is 24.3 Å². The Bertz CT molecular complexity index is 1280. The molecule has 0 spiro atoms. The van der Waals surface area contributed by atoms with Gasteiger partial charge in [-0.05, 0) is 35.0 Å². The Kier molecular flexibility index (Phi) is 4.59. The number of ether oxygens (including phenoxy) is 1. The lowest BCUT2D eigenvalue weighted by molar-refractivity contribution is 0.0499. The van der Waals surface area contributed by atoms with Crippen LogP contribution in [0, 0.1) is 11.3 Å². The van der Waals surface area contributed by atoms with Crippen molar-refractivity contribution in [1.82, 2.24) is 9.97 Å². The topological polar surface area (TPSA) is 119 Å². The first kappa shape index (κ1) is 18.1. The van der Waals surface area contributed by atoms with Gasteiger partial charge in [0.25, 0.3) is 0 Å². The SMILES string of the molecule is N#C/C(=C(\O)COC(=O)c1cc2ccccc2cc1O)c1nc2ccccc2[nH]1. The fourth-order valence-corrected chi connectivity index (χ4v) is 3.00. The van der Waals surface area contributed by atoms with E-state index in [1.165, 1.54) is 12.1 Å². The summed E-state index contributed by atoms with van der Waals surface area (Å²) in [5.74, 6) is -1.31. The Morgan fingerprint density at radius 1 is 1.10 bits per heavy atom. The lowest BCUT2D eigenvalue weighted by Crippen LogP contribution is -2.09. The Balaban J connectivity index is 1.57. The van der Waals surface area contributed by atoms with Gasteiger partial charge in [-0.2, -0.15) is 5.26 Å². The molecule has 0 radical (unpaired) electrons. The third-order valence-corrected chi connectivity index (χ3v) is 4.45. The van der Waals surface area contributed by atoms with Gasteiger partial charge in [-0.25, -0.2) is 9.78 Å². The van der Waals surface area contributed by atoms with Crippen molar-refractivity contribution >= 4 is 33.3 Å². The summed E-state index contributed by atoms with van der Waals surface area (Å²) < 4.78 is 5.10. The number of aliphatic hydroxyl groups is 1. The van der Waals surface area contributed by atoms with Crippen LogP contribution in [0.1, 0.15) is 16.2 Å². The van der Waals surface area contributed by atoms with Gasteiger partial charge in [-0.3, -0.25) is 0 Å². The molecule has 0 saturated carbocycles. The van der Waals surface area contributed by atoms with E-state index in [4.69, 9.17) is 4.74 Å². The molecule has 0 aliphatic carbocycles. The minimum absolute atomic E-state index is 0.0289. The lowest BCUT2D eigenvalue weighted by atomic mass is 10.1. The van der Waals surface area contributed by atoms with Gasteiger partial charge >= 0.3 is 5.97 Å². The van der Waals surface area contributed by atoms with Crippen LogP contribution in [-0.2, 0) is 4.74 Å². The Labute approximate surface area is 165 Å². The second-order valence-corrected chi connectivity index (χ2v) is 6.33. The first-order valence-corrected chi connectivity index (χ1v) is 8.73. The molecule has 0 saturated heterocycles. The van der Waals surface area contributed by atoms with Crippen LogP contribution >= 0.6 is 0 Å². The van der Waals surface area contributed by atoms with Crippen LogP contribution < -0.4 is 0 Å². The fraction of sp³-hybridized carbons (Fsp3) is 0.0455. The van der Waals surface area contributed by atoms with Crippen molar-refractivity contribution in [3.63, 3.8) is 0 Å². The maximum atomic E-state index is 12.4. The molecular weight excluding hydrogens is 370 g/mol. The number of aromatic hydroxyl groups is 1. The van der Waals surface area contributed by atoms with Gasteiger partial charge in [0.05, 0.1) is 11.0 Å². The molecule has 1 aromatic heterocycles. The maximum Gasteiger partial charge on any atom is 0.342 e. The van der Waals surface area contributed by atoms with Crippen molar-refractivity contribution in [2.45, 2.75) is 0 Å². The highest BCUT2D eigenvalue weighted by molar-refractivity contribution is 5.98. The molecule has 4 rings (SSSR count). The number of carbonyl (C=O) groups excluding carboxylic acids is 1. The summed E-state index contributed by atoms with van der Waals surface area (Å²) in [6, 6.07) is 19.3. The summed E-state index contributed by atoms with van der Waals surface area (Å²) in [6.45, 7) is -0.537. The van der Waals surface area contributed by atoms with Crippen LogP contribution in [0.5, 0.6) is 5.75 Å². The predicted octanol–water partition coefficient (Wildman–Crippen LogP) is 4.07. The first-order valence-electron chi connectivity index (χ1n) is 8.73. The fourth-order valence-electron chi connectivity index (χ4n) is 3.00. The molecule has 29 heavy (non-hydrogen) atoms. The highest BCUT2D eigenvalue weighted by Gasteiger charge is 2.18. The quantitative estimate of drug-likeness (QED) is 0.277. The number of hydrogen-bond donors (Lipinski definition) is 3. The molecule has 142 valence electrons. The number of H-pyrrole nitrogens is 1. The summed E-state index contributed by atoms with van der Waals surface area (Å²) >= 11 is 0. The zero-order chi connectivity index (χ0) is 20.4. The highest BCUT2D eigenvalue weighted by Crippen LogP contribution is 2.26. The van der Waals surface area contributed by atoms with E-state index in [0.717, 1.165) is 10.8 Å². The number of allylic oxidation sites excluding steroid dienone is 1. The van der Waals surface area contributed by atoms with Crippen molar-refractivity contribution < 1.29 is 19.7 Å². The number of fused-ring (bicyclic) bond motifs is 2. The summed E-state index contributed by atoms with van der Waals surface area (Å²) in [4.78, 5) is 19.6. The summed E-state index contributed by atoms with van der Waals surface area (Å²) in [5.41, 5.74) is 1.19. The zero-order valence-corrected chi connectivity index (χ0v) is 15.1. The summed E-state index contributed by atoms with van der Waals surface area (Å²) in [7, 11) is 0. The van der Waals surface area contributed by atoms with Crippen molar-refractivity contribution in [3.8, 4) is 11.8 Å².